The summed E-state index contributed by atoms with van der Waals surface area (Å²) in [6, 6.07) is 77.9. The summed E-state index contributed by atoms with van der Waals surface area (Å²) in [5.41, 5.74) is 11.4. The third-order valence-electron chi connectivity index (χ3n) is 13.9. The van der Waals surface area contributed by atoms with E-state index in [4.69, 9.17) is 9.97 Å². The lowest BCUT2D eigenvalue weighted by atomic mass is 9.86. The molecule has 0 saturated carbocycles. The maximum Gasteiger partial charge on any atom is 0.534 e. The molecule has 0 aliphatic carbocycles. The molecule has 0 aliphatic rings. The van der Waals surface area contributed by atoms with E-state index in [0.717, 1.165) is 101 Å². The maximum absolute atomic E-state index is 13.3. The number of benzene rings is 9. The Morgan fingerprint density at radius 1 is 0.392 bits per heavy atom. The molecular weight excluding hydrogens is 1010 g/mol. The van der Waals surface area contributed by atoms with Crippen LogP contribution >= 0.6 is 0 Å². The number of hydrogen-bond acceptors (Lipinski definition) is 6. The molecule has 9 aromatic carbocycles. The second kappa shape index (κ2) is 20.9. The van der Waals surface area contributed by atoms with Crippen molar-refractivity contribution in [3.63, 3.8) is 0 Å². The monoisotopic (exact) mass is 1060 g/mol. The number of nitrogens with zero attached hydrogens (tertiary/aromatic N) is 5. The summed E-state index contributed by atoms with van der Waals surface area (Å²) in [6.45, 7) is 1.43. The van der Waals surface area contributed by atoms with Crippen molar-refractivity contribution in [2.45, 2.75) is 12.4 Å². The maximum atomic E-state index is 13.3. The molecule has 8 nitrogen and oxygen atoms in total. The van der Waals surface area contributed by atoms with E-state index < -0.39 is 21.4 Å². The molecule has 3 heterocycles. The third-order valence-corrected chi connectivity index (χ3v) is 14.9. The van der Waals surface area contributed by atoms with Gasteiger partial charge in [-0.1, -0.05) is 182 Å². The van der Waals surface area contributed by atoms with Gasteiger partial charge in [-0.15, -0.1) is 0 Å². The highest BCUT2D eigenvalue weighted by Gasteiger charge is 2.48. The highest BCUT2D eigenvalue weighted by atomic mass is 32.2. The molecule has 0 bridgehead atoms. The standard InChI is InChI=1S/C67H46F3N5O3S/c1-45-44-73-63(43-64(45)78-79(76,77)67(68,69)70)49-30-24-46(25-31-49)57-18-8-11-21-60(57)52-40-53(61-22-12-9-19-58(61)47-26-32-50(33-27-47)65-71-36-38-74(65)55-14-4-2-5-15-55)42-54(41-52)62-23-13-10-20-59(62)48-28-34-51(35-29-48)66-72-37-39-75(66)56-16-6-3-7-17-56/h2-44H,1H3. The van der Waals surface area contributed by atoms with Gasteiger partial charge in [-0.25, -0.2) is 9.97 Å². The van der Waals surface area contributed by atoms with Crippen LogP contribution in [0.3, 0.4) is 0 Å². The Hall–Kier alpha value is -9.91. The molecule has 0 amide bonds. The average molecular weight is 1060 g/mol. The molecule has 12 rings (SSSR count). The number of imidazole rings is 2. The zero-order valence-corrected chi connectivity index (χ0v) is 43.1. The number of alkyl halides is 3. The fourth-order valence-electron chi connectivity index (χ4n) is 10.0. The second-order valence-electron chi connectivity index (χ2n) is 18.9. The minimum Gasteiger partial charge on any atom is -0.376 e. The summed E-state index contributed by atoms with van der Waals surface area (Å²) in [7, 11) is -5.89. The van der Waals surface area contributed by atoms with Crippen molar-refractivity contribution in [2.75, 3.05) is 0 Å². The van der Waals surface area contributed by atoms with Gasteiger partial charge in [0.1, 0.15) is 17.4 Å². The molecule has 79 heavy (non-hydrogen) atoms. The number of halogens is 3. The van der Waals surface area contributed by atoms with E-state index in [0.29, 0.717) is 5.56 Å². The molecule has 0 saturated heterocycles. The summed E-state index contributed by atoms with van der Waals surface area (Å²) in [5.74, 6) is 1.23. The largest absolute Gasteiger partial charge is 0.534 e. The van der Waals surface area contributed by atoms with Crippen LogP contribution in [0.4, 0.5) is 13.2 Å². The predicted molar refractivity (Wildman–Crippen MR) is 308 cm³/mol. The number of hydrogen-bond donors (Lipinski definition) is 0. The van der Waals surface area contributed by atoms with Crippen LogP contribution in [0, 0.1) is 6.92 Å². The zero-order chi connectivity index (χ0) is 54.1. The molecule has 0 atom stereocenters. The van der Waals surface area contributed by atoms with Gasteiger partial charge in [-0.05, 0) is 116 Å². The Bertz CT molecular complexity index is 4090. The molecule has 0 spiro atoms. The summed E-state index contributed by atoms with van der Waals surface area (Å²) in [5, 5.41) is 0. The molecule has 3 aromatic heterocycles. The third kappa shape index (κ3) is 10.0. The van der Waals surface area contributed by atoms with Crippen molar-refractivity contribution in [3.8, 4) is 118 Å². The topological polar surface area (TPSA) is 91.9 Å². The first-order valence-corrected chi connectivity index (χ1v) is 26.8. The van der Waals surface area contributed by atoms with Crippen LogP contribution in [0.25, 0.3) is 112 Å². The van der Waals surface area contributed by atoms with Gasteiger partial charge in [0.25, 0.3) is 0 Å². The minimum absolute atomic E-state index is 0.135. The molecule has 0 unspecified atom stereocenters. The Morgan fingerprint density at radius 2 is 0.722 bits per heavy atom. The van der Waals surface area contributed by atoms with Crippen LogP contribution in [0.2, 0.25) is 0 Å². The van der Waals surface area contributed by atoms with Crippen LogP contribution < -0.4 is 4.18 Å². The Labute approximate surface area is 455 Å². The number of rotatable bonds is 13. The van der Waals surface area contributed by atoms with Gasteiger partial charge in [0.15, 0.2) is 0 Å². The molecule has 0 fully saturated rings. The number of para-hydroxylation sites is 2. The number of aryl methyl sites for hydroxylation is 1. The van der Waals surface area contributed by atoms with E-state index in [1.54, 1.807) is 12.1 Å². The summed E-state index contributed by atoms with van der Waals surface area (Å²) in [6.07, 6.45) is 8.87. The van der Waals surface area contributed by atoms with Gasteiger partial charge in [0.05, 0.1) is 5.69 Å². The van der Waals surface area contributed by atoms with E-state index >= 15 is 0 Å². The SMILES string of the molecule is Cc1cnc(-c2ccc(-c3ccccc3-c3cc(-c4ccccc4-c4ccc(-c5nccn5-c5ccccc5)cc4)cc(-c4ccccc4-c4ccc(-c5nccn5-c5ccccc5)cc4)c3)cc2)cc1OS(=O)(=O)C(F)(F)F. The second-order valence-corrected chi connectivity index (χ2v) is 20.4. The van der Waals surface area contributed by atoms with E-state index in [1.165, 1.54) is 19.2 Å². The van der Waals surface area contributed by atoms with Crippen LogP contribution in [0.15, 0.2) is 262 Å². The fourth-order valence-corrected chi connectivity index (χ4v) is 10.5. The average Bonchev–Trinajstić information content (AvgIpc) is 4.22. The molecule has 12 aromatic rings. The highest BCUT2D eigenvalue weighted by Crippen LogP contribution is 2.43. The van der Waals surface area contributed by atoms with Crippen molar-refractivity contribution >= 4 is 10.1 Å². The summed E-state index contributed by atoms with van der Waals surface area (Å²) in [4.78, 5) is 13.9. The van der Waals surface area contributed by atoms with Crippen molar-refractivity contribution < 1.29 is 25.8 Å². The van der Waals surface area contributed by atoms with Crippen LogP contribution in [-0.4, -0.2) is 38.0 Å². The summed E-state index contributed by atoms with van der Waals surface area (Å²) < 4.78 is 72.5. The smallest absolute Gasteiger partial charge is 0.376 e. The molecule has 384 valence electrons. The molecule has 0 N–H and O–H groups in total. The van der Waals surface area contributed by atoms with Gasteiger partial charge in [-0.2, -0.15) is 21.6 Å². The van der Waals surface area contributed by atoms with E-state index in [1.807, 2.05) is 85.5 Å². The zero-order valence-electron chi connectivity index (χ0n) is 42.3. The van der Waals surface area contributed by atoms with Gasteiger partial charge in [-0.3, -0.25) is 14.1 Å². The lowest BCUT2D eigenvalue weighted by molar-refractivity contribution is -0.0500. The number of pyridine rings is 1. The normalized spacial score (nSPS) is 11.6. The molecule has 0 aliphatic heterocycles. The van der Waals surface area contributed by atoms with Crippen molar-refractivity contribution in [1.29, 1.82) is 0 Å². The van der Waals surface area contributed by atoms with Gasteiger partial charge in [0.2, 0.25) is 0 Å². The van der Waals surface area contributed by atoms with E-state index in [9.17, 15) is 21.6 Å². The van der Waals surface area contributed by atoms with Gasteiger partial charge >= 0.3 is 15.6 Å². The Balaban J connectivity index is 0.952. The first kappa shape index (κ1) is 49.9. The first-order chi connectivity index (χ1) is 38.5. The van der Waals surface area contributed by atoms with Crippen molar-refractivity contribution in [3.05, 3.63) is 267 Å². The van der Waals surface area contributed by atoms with Gasteiger partial charge < -0.3 is 4.18 Å². The van der Waals surface area contributed by atoms with Gasteiger partial charge in [0, 0.05) is 70.7 Å². The molecule has 12 heteroatoms. The predicted octanol–water partition coefficient (Wildman–Crippen LogP) is 17.0. The van der Waals surface area contributed by atoms with E-state index in [2.05, 4.69) is 170 Å². The minimum atomic E-state index is -5.89. The van der Waals surface area contributed by atoms with E-state index in [-0.39, 0.29) is 11.3 Å². The first-order valence-electron chi connectivity index (χ1n) is 25.4. The lowest BCUT2D eigenvalue weighted by Crippen LogP contribution is -2.28. The fraction of sp³-hybridized carbons (Fsp3) is 0.0299. The molecule has 0 radical (unpaired) electrons. The quantitative estimate of drug-likeness (QED) is 0.0844. The number of aromatic nitrogens is 5. The molecular formula is C67H46F3N5O3S. The van der Waals surface area contributed by atoms with Crippen molar-refractivity contribution in [1.82, 2.24) is 24.1 Å². The van der Waals surface area contributed by atoms with Crippen LogP contribution in [0.5, 0.6) is 5.75 Å². The van der Waals surface area contributed by atoms with Crippen LogP contribution in [-0.2, 0) is 10.1 Å². The summed E-state index contributed by atoms with van der Waals surface area (Å²) >= 11 is 0. The lowest BCUT2D eigenvalue weighted by Gasteiger charge is -2.18. The Morgan fingerprint density at radius 3 is 1.09 bits per heavy atom. The highest BCUT2D eigenvalue weighted by molar-refractivity contribution is 7.88. The van der Waals surface area contributed by atoms with Crippen LogP contribution in [0.1, 0.15) is 5.56 Å². The Kier molecular flexibility index (Phi) is 13.2. The van der Waals surface area contributed by atoms with Crippen molar-refractivity contribution in [2.24, 2.45) is 0 Å².